The van der Waals surface area contributed by atoms with Gasteiger partial charge in [0, 0.05) is 24.1 Å². The lowest BCUT2D eigenvalue weighted by Crippen LogP contribution is -2.41. The van der Waals surface area contributed by atoms with E-state index < -0.39 is 0 Å². The molecule has 1 aliphatic rings. The smallest absolute Gasteiger partial charge is 0.319 e. The molecule has 0 spiro atoms. The number of aromatic nitrogens is 2. The van der Waals surface area contributed by atoms with Crippen molar-refractivity contribution >= 4 is 11.7 Å². The number of nitriles is 1. The lowest BCUT2D eigenvalue weighted by atomic mass is 9.93. The van der Waals surface area contributed by atoms with Gasteiger partial charge in [-0.3, -0.25) is 0 Å². The molecular weight excluding hydrogens is 342 g/mol. The number of hydrogen-bond donors (Lipinski definition) is 2. The molecule has 7 nitrogen and oxygen atoms in total. The fraction of sp³-hybridized carbons (Fsp3) is 0.400. The molecule has 0 unspecified atom stereocenters. The average molecular weight is 365 g/mol. The van der Waals surface area contributed by atoms with Crippen molar-refractivity contribution in [1.29, 1.82) is 5.26 Å². The number of nitrogens with zero attached hydrogens (tertiary/aromatic N) is 3. The third kappa shape index (κ3) is 4.94. The molecule has 7 heteroatoms. The zero-order valence-corrected chi connectivity index (χ0v) is 15.5. The number of amides is 2. The van der Waals surface area contributed by atoms with Crippen LogP contribution in [0.4, 0.5) is 10.5 Å². The second kappa shape index (κ2) is 8.49. The number of nitrogens with one attached hydrogen (secondary N) is 2. The van der Waals surface area contributed by atoms with Crippen molar-refractivity contribution in [3.8, 4) is 11.9 Å². The van der Waals surface area contributed by atoms with E-state index in [-0.39, 0.29) is 29.8 Å². The molecule has 27 heavy (non-hydrogen) atoms. The molecule has 1 saturated carbocycles. The highest BCUT2D eigenvalue weighted by molar-refractivity contribution is 5.89. The first-order valence-electron chi connectivity index (χ1n) is 9.07. The zero-order valence-electron chi connectivity index (χ0n) is 15.5. The van der Waals surface area contributed by atoms with Gasteiger partial charge < -0.3 is 15.4 Å². The standard InChI is InChI=1S/C20H23N5O2/c1-13-3-4-16(11-14(13)2)25-20(26)24-15-5-7-17(8-6-15)27-19-18(12-21)22-9-10-23-19/h3-4,9-11,15,17H,5-8H2,1-2H3,(H2,24,25,26). The Bertz CT molecular complexity index is 854. The molecule has 1 aromatic heterocycles. The minimum atomic E-state index is -0.191. The number of urea groups is 1. The highest BCUT2D eigenvalue weighted by Crippen LogP contribution is 2.24. The fourth-order valence-electron chi connectivity index (χ4n) is 3.14. The lowest BCUT2D eigenvalue weighted by molar-refractivity contribution is 0.134. The van der Waals surface area contributed by atoms with E-state index >= 15 is 0 Å². The maximum Gasteiger partial charge on any atom is 0.319 e. The lowest BCUT2D eigenvalue weighted by Gasteiger charge is -2.29. The van der Waals surface area contributed by atoms with Gasteiger partial charge >= 0.3 is 6.03 Å². The second-order valence-corrected chi connectivity index (χ2v) is 6.81. The summed E-state index contributed by atoms with van der Waals surface area (Å²) in [6.45, 7) is 4.06. The van der Waals surface area contributed by atoms with E-state index in [4.69, 9.17) is 10.00 Å². The number of aryl methyl sites for hydroxylation is 2. The Kier molecular flexibility index (Phi) is 5.87. The Morgan fingerprint density at radius 3 is 2.59 bits per heavy atom. The van der Waals surface area contributed by atoms with E-state index in [2.05, 4.69) is 20.6 Å². The van der Waals surface area contributed by atoms with Crippen molar-refractivity contribution in [1.82, 2.24) is 15.3 Å². The number of rotatable bonds is 4. The fourth-order valence-corrected chi connectivity index (χ4v) is 3.14. The van der Waals surface area contributed by atoms with Gasteiger partial charge in [0.1, 0.15) is 12.2 Å². The molecule has 2 N–H and O–H groups in total. The van der Waals surface area contributed by atoms with E-state index in [1.165, 1.54) is 18.0 Å². The number of anilines is 1. The van der Waals surface area contributed by atoms with Crippen molar-refractivity contribution in [3.63, 3.8) is 0 Å². The third-order valence-corrected chi connectivity index (χ3v) is 4.82. The first-order valence-corrected chi connectivity index (χ1v) is 9.07. The van der Waals surface area contributed by atoms with Gasteiger partial charge in [-0.1, -0.05) is 6.07 Å². The molecule has 2 amide bonds. The molecule has 0 radical (unpaired) electrons. The predicted molar refractivity (Wildman–Crippen MR) is 101 cm³/mol. The molecule has 0 aliphatic heterocycles. The summed E-state index contributed by atoms with van der Waals surface area (Å²) < 4.78 is 5.83. The van der Waals surface area contributed by atoms with Crippen LogP contribution in [0.15, 0.2) is 30.6 Å². The largest absolute Gasteiger partial charge is 0.472 e. The van der Waals surface area contributed by atoms with Gasteiger partial charge in [-0.25, -0.2) is 14.8 Å². The van der Waals surface area contributed by atoms with Gasteiger partial charge in [0.2, 0.25) is 5.69 Å². The monoisotopic (exact) mass is 365 g/mol. The number of carbonyl (C=O) groups excluding carboxylic acids is 1. The molecule has 1 aromatic carbocycles. The van der Waals surface area contributed by atoms with Crippen LogP contribution < -0.4 is 15.4 Å². The van der Waals surface area contributed by atoms with Crippen LogP contribution in [0.5, 0.6) is 5.88 Å². The highest BCUT2D eigenvalue weighted by atomic mass is 16.5. The van der Waals surface area contributed by atoms with E-state index in [0.717, 1.165) is 36.9 Å². The van der Waals surface area contributed by atoms with Crippen LogP contribution in [-0.2, 0) is 0 Å². The van der Waals surface area contributed by atoms with E-state index in [9.17, 15) is 4.79 Å². The van der Waals surface area contributed by atoms with Crippen LogP contribution in [0.25, 0.3) is 0 Å². The summed E-state index contributed by atoms with van der Waals surface area (Å²) in [5.41, 5.74) is 3.33. The first-order chi connectivity index (χ1) is 13.0. The third-order valence-electron chi connectivity index (χ3n) is 4.82. The minimum absolute atomic E-state index is 0.0188. The molecule has 0 atom stereocenters. The van der Waals surface area contributed by atoms with E-state index in [1.807, 2.05) is 38.1 Å². The van der Waals surface area contributed by atoms with Crippen molar-refractivity contribution in [2.45, 2.75) is 51.7 Å². The normalized spacial score (nSPS) is 19.0. The summed E-state index contributed by atoms with van der Waals surface area (Å²) in [5.74, 6) is 0.281. The number of benzene rings is 1. The molecule has 1 aliphatic carbocycles. The molecule has 2 aromatic rings. The Labute approximate surface area is 158 Å². The molecule has 1 heterocycles. The van der Waals surface area contributed by atoms with Gasteiger partial charge in [0.25, 0.3) is 5.88 Å². The van der Waals surface area contributed by atoms with E-state index in [0.29, 0.717) is 0 Å². The summed E-state index contributed by atoms with van der Waals surface area (Å²) in [4.78, 5) is 20.3. The molecule has 1 fully saturated rings. The summed E-state index contributed by atoms with van der Waals surface area (Å²) in [6.07, 6.45) is 6.17. The van der Waals surface area contributed by atoms with Crippen LogP contribution in [0.2, 0.25) is 0 Å². The van der Waals surface area contributed by atoms with Crippen molar-refractivity contribution in [3.05, 3.63) is 47.4 Å². The zero-order chi connectivity index (χ0) is 19.2. The quantitative estimate of drug-likeness (QED) is 0.864. The average Bonchev–Trinajstić information content (AvgIpc) is 2.67. The second-order valence-electron chi connectivity index (χ2n) is 6.81. The summed E-state index contributed by atoms with van der Waals surface area (Å²) >= 11 is 0. The number of hydrogen-bond acceptors (Lipinski definition) is 5. The highest BCUT2D eigenvalue weighted by Gasteiger charge is 2.24. The van der Waals surface area contributed by atoms with Gasteiger partial charge in [-0.05, 0) is 62.8 Å². The van der Waals surface area contributed by atoms with Crippen LogP contribution in [0, 0.1) is 25.2 Å². The Balaban J connectivity index is 1.47. The molecule has 3 rings (SSSR count). The van der Waals surface area contributed by atoms with E-state index in [1.54, 1.807) is 0 Å². The Morgan fingerprint density at radius 2 is 1.89 bits per heavy atom. The van der Waals surface area contributed by atoms with Crippen molar-refractivity contribution in [2.24, 2.45) is 0 Å². The van der Waals surface area contributed by atoms with Crippen molar-refractivity contribution in [2.75, 3.05) is 5.32 Å². The van der Waals surface area contributed by atoms with Crippen LogP contribution in [0.1, 0.15) is 42.5 Å². The summed E-state index contributed by atoms with van der Waals surface area (Å²) in [7, 11) is 0. The summed E-state index contributed by atoms with van der Waals surface area (Å²) in [6, 6.07) is 7.76. The first kappa shape index (κ1) is 18.6. The van der Waals surface area contributed by atoms with Gasteiger partial charge in [-0.2, -0.15) is 5.26 Å². The van der Waals surface area contributed by atoms with Gasteiger partial charge in [-0.15, -0.1) is 0 Å². The SMILES string of the molecule is Cc1ccc(NC(=O)NC2CCC(Oc3nccnc3C#N)CC2)cc1C. The number of ether oxygens (including phenoxy) is 1. The van der Waals surface area contributed by atoms with Crippen LogP contribution in [0.3, 0.4) is 0 Å². The maximum atomic E-state index is 12.2. The van der Waals surface area contributed by atoms with Gasteiger partial charge in [0.05, 0.1) is 0 Å². The minimum Gasteiger partial charge on any atom is -0.472 e. The molecule has 0 saturated heterocycles. The molecular formula is C20H23N5O2. The Morgan fingerprint density at radius 1 is 1.15 bits per heavy atom. The molecule has 140 valence electrons. The van der Waals surface area contributed by atoms with Crippen LogP contribution in [-0.4, -0.2) is 28.1 Å². The molecule has 0 bridgehead atoms. The maximum absolute atomic E-state index is 12.2. The van der Waals surface area contributed by atoms with Crippen LogP contribution >= 0.6 is 0 Å². The van der Waals surface area contributed by atoms with Crippen molar-refractivity contribution < 1.29 is 9.53 Å². The Hall–Kier alpha value is -3.14. The topological polar surface area (TPSA) is 99.9 Å². The number of carbonyl (C=O) groups is 1. The summed E-state index contributed by atoms with van der Waals surface area (Å²) in [5, 5.41) is 15.0. The van der Waals surface area contributed by atoms with Gasteiger partial charge in [0.15, 0.2) is 0 Å². The predicted octanol–water partition coefficient (Wildman–Crippen LogP) is 3.48.